The van der Waals surface area contributed by atoms with Crippen LogP contribution in [0.15, 0.2) is 109 Å². The van der Waals surface area contributed by atoms with Crippen LogP contribution in [-0.2, 0) is 28.6 Å². The summed E-state index contributed by atoms with van der Waals surface area (Å²) in [6.45, 7) is 4.46. The molecule has 380 valence electrons. The van der Waals surface area contributed by atoms with Gasteiger partial charge < -0.3 is 28.6 Å². The summed E-state index contributed by atoms with van der Waals surface area (Å²) in [5.41, 5.74) is 0. The van der Waals surface area contributed by atoms with Gasteiger partial charge in [-0.2, -0.15) is 0 Å². The van der Waals surface area contributed by atoms with Crippen molar-refractivity contribution in [2.75, 3.05) is 41.0 Å². The number of carboxylic acid groups (broad SMARTS) is 1. The number of aliphatic carboxylic acids is 1. The molecule has 2 atom stereocenters. The topological polar surface area (TPSA) is 102 Å². The van der Waals surface area contributed by atoms with E-state index in [1.165, 1.54) is 64.2 Å². The van der Waals surface area contributed by atoms with Gasteiger partial charge in [-0.15, -0.1) is 0 Å². The molecular weight excluding hydrogens is 835 g/mol. The van der Waals surface area contributed by atoms with E-state index in [0.717, 1.165) is 89.9 Å². The van der Waals surface area contributed by atoms with Gasteiger partial charge in [0, 0.05) is 19.3 Å². The average molecular weight is 932 g/mol. The van der Waals surface area contributed by atoms with Crippen molar-refractivity contribution in [3.8, 4) is 0 Å². The molecule has 8 heteroatoms. The second-order valence-corrected chi connectivity index (χ2v) is 18.4. The first-order valence-corrected chi connectivity index (χ1v) is 26.4. The van der Waals surface area contributed by atoms with Gasteiger partial charge in [0.05, 0.1) is 40.3 Å². The fourth-order valence-electron chi connectivity index (χ4n) is 7.08. The highest BCUT2D eigenvalue weighted by Gasteiger charge is 2.25. The van der Waals surface area contributed by atoms with E-state index < -0.39 is 18.1 Å². The number of carbonyl (C=O) groups excluding carboxylic acids is 3. The Morgan fingerprint density at radius 2 is 0.836 bits per heavy atom. The Kier molecular flexibility index (Phi) is 45.5. The SMILES string of the molecule is CC/C=C/C/C=C/C/C=C/C/C=C/C/C=C/C/C=C/CCCCC(=O)OCC(COCCC(C(=O)[O-])[N+](C)(C)C)OC(=O)CCCCCCCCCCC/C=C/C/C=C/C/C=C/CCCCC. The van der Waals surface area contributed by atoms with Gasteiger partial charge >= 0.3 is 11.9 Å². The molecule has 0 heterocycles. The lowest BCUT2D eigenvalue weighted by Gasteiger charge is -2.34. The van der Waals surface area contributed by atoms with Crippen molar-refractivity contribution in [2.45, 2.75) is 206 Å². The van der Waals surface area contributed by atoms with Gasteiger partial charge in [0.1, 0.15) is 12.6 Å². The van der Waals surface area contributed by atoms with E-state index in [0.29, 0.717) is 12.8 Å². The molecule has 0 aliphatic rings. The molecule has 8 nitrogen and oxygen atoms in total. The van der Waals surface area contributed by atoms with E-state index >= 15 is 0 Å². The molecule has 0 aromatic carbocycles. The van der Waals surface area contributed by atoms with Crippen molar-refractivity contribution in [3.05, 3.63) is 109 Å². The third-order valence-corrected chi connectivity index (χ3v) is 11.1. The Hall–Kier alpha value is -4.01. The standard InChI is InChI=1S/C59H97NO7/c1-6-8-10-12-14-16-18-20-22-24-26-28-30-32-34-36-38-40-42-44-46-48-50-58(62)67-55(53-65-52-51-56(59(63)64)60(3,4)5)54-66-57(61)49-47-45-43-41-39-37-35-33-31-29-27-25-23-21-19-17-15-13-11-9-7-2/h9,11,14-17,20-23,26-29,33,35,39,41,55-56H,6-8,10,12-13,18-19,24-25,30-32,34,36-38,40,42-54H2,1-5H3/b11-9+,16-14+,17-15+,22-20+,23-21+,28-26+,29-27+,35-33+,41-39+. The number of allylic oxidation sites excluding steroid dienone is 18. The van der Waals surface area contributed by atoms with Crippen LogP contribution in [-0.4, -0.2) is 75.5 Å². The van der Waals surface area contributed by atoms with Crippen LogP contribution in [0.5, 0.6) is 0 Å². The second-order valence-electron chi connectivity index (χ2n) is 18.4. The zero-order chi connectivity index (χ0) is 49.2. The zero-order valence-electron chi connectivity index (χ0n) is 43.3. The number of likely N-dealkylation sites (N-methyl/N-ethyl adjacent to an activating group) is 1. The van der Waals surface area contributed by atoms with Gasteiger partial charge in [0.25, 0.3) is 0 Å². The number of carboxylic acids is 1. The number of ether oxygens (including phenoxy) is 3. The van der Waals surface area contributed by atoms with Crippen LogP contribution in [0.25, 0.3) is 0 Å². The Labute approximate surface area is 410 Å². The van der Waals surface area contributed by atoms with Crippen molar-refractivity contribution in [1.82, 2.24) is 0 Å². The summed E-state index contributed by atoms with van der Waals surface area (Å²) >= 11 is 0. The molecule has 0 rings (SSSR count). The van der Waals surface area contributed by atoms with Crippen LogP contribution in [0.3, 0.4) is 0 Å². The molecule has 0 aromatic heterocycles. The summed E-state index contributed by atoms with van der Waals surface area (Å²) in [6, 6.07) is -0.741. The van der Waals surface area contributed by atoms with E-state index in [2.05, 4.69) is 123 Å². The highest BCUT2D eigenvalue weighted by atomic mass is 16.6. The molecule has 0 bridgehead atoms. The summed E-state index contributed by atoms with van der Waals surface area (Å²) in [5, 5.41) is 11.7. The molecule has 2 unspecified atom stereocenters. The first-order valence-electron chi connectivity index (χ1n) is 26.4. The molecule has 0 N–H and O–H groups in total. The van der Waals surface area contributed by atoms with Crippen molar-refractivity contribution in [3.63, 3.8) is 0 Å². The van der Waals surface area contributed by atoms with Gasteiger partial charge in [-0.25, -0.2) is 0 Å². The third-order valence-electron chi connectivity index (χ3n) is 11.1. The Bertz CT molecular complexity index is 1460. The summed E-state index contributed by atoms with van der Waals surface area (Å²) in [6.07, 6.45) is 66.9. The molecule has 0 spiro atoms. The fraction of sp³-hybridized carbons (Fsp3) is 0.644. The maximum Gasteiger partial charge on any atom is 0.306 e. The highest BCUT2D eigenvalue weighted by Crippen LogP contribution is 2.14. The van der Waals surface area contributed by atoms with Gasteiger partial charge in [0.15, 0.2) is 6.10 Å². The predicted octanol–water partition coefficient (Wildman–Crippen LogP) is 14.3. The monoisotopic (exact) mass is 932 g/mol. The molecule has 0 aromatic rings. The number of quaternary nitrogens is 1. The summed E-state index contributed by atoms with van der Waals surface area (Å²) in [5.74, 6) is -1.81. The van der Waals surface area contributed by atoms with Gasteiger partial charge in [-0.05, 0) is 103 Å². The molecule has 67 heavy (non-hydrogen) atoms. The fourth-order valence-corrected chi connectivity index (χ4v) is 7.08. The van der Waals surface area contributed by atoms with Crippen LogP contribution in [0, 0.1) is 0 Å². The summed E-state index contributed by atoms with van der Waals surface area (Å²) in [4.78, 5) is 37.1. The maximum atomic E-state index is 12.8. The van der Waals surface area contributed by atoms with E-state index in [4.69, 9.17) is 14.2 Å². The number of nitrogens with zero attached hydrogens (tertiary/aromatic N) is 1. The number of rotatable bonds is 46. The number of hydrogen-bond acceptors (Lipinski definition) is 7. The lowest BCUT2D eigenvalue weighted by molar-refractivity contribution is -0.889. The van der Waals surface area contributed by atoms with Crippen molar-refractivity contribution in [2.24, 2.45) is 0 Å². The largest absolute Gasteiger partial charge is 0.544 e. The molecular formula is C59H97NO7. The van der Waals surface area contributed by atoms with E-state index in [1.54, 1.807) is 21.1 Å². The average Bonchev–Trinajstić information content (AvgIpc) is 3.29. The van der Waals surface area contributed by atoms with Gasteiger partial charge in [-0.3, -0.25) is 9.59 Å². The van der Waals surface area contributed by atoms with Gasteiger partial charge in [-0.1, -0.05) is 181 Å². The third kappa shape index (κ3) is 46.9. The Morgan fingerprint density at radius 3 is 1.27 bits per heavy atom. The molecule has 0 radical (unpaired) electrons. The number of unbranched alkanes of at least 4 members (excludes halogenated alkanes) is 14. The minimum absolute atomic E-state index is 0.0175. The van der Waals surface area contributed by atoms with Crippen molar-refractivity contribution >= 4 is 17.9 Å². The van der Waals surface area contributed by atoms with Crippen LogP contribution in [0.4, 0.5) is 0 Å². The molecule has 0 aliphatic carbocycles. The number of hydrogen-bond donors (Lipinski definition) is 0. The molecule has 0 saturated carbocycles. The quantitative estimate of drug-likeness (QED) is 0.0259. The van der Waals surface area contributed by atoms with Crippen LogP contribution in [0.1, 0.15) is 194 Å². The van der Waals surface area contributed by atoms with E-state index in [1.807, 2.05) is 0 Å². The van der Waals surface area contributed by atoms with E-state index in [9.17, 15) is 19.5 Å². The zero-order valence-corrected chi connectivity index (χ0v) is 43.3. The highest BCUT2D eigenvalue weighted by molar-refractivity contribution is 5.70. The van der Waals surface area contributed by atoms with Crippen LogP contribution < -0.4 is 5.11 Å². The molecule has 0 saturated heterocycles. The molecule has 0 amide bonds. The summed E-state index contributed by atoms with van der Waals surface area (Å²) in [7, 11) is 5.39. The minimum atomic E-state index is -1.14. The number of carbonyl (C=O) groups is 3. The van der Waals surface area contributed by atoms with E-state index in [-0.39, 0.29) is 49.1 Å². The molecule has 0 aliphatic heterocycles. The van der Waals surface area contributed by atoms with Crippen LogP contribution in [0.2, 0.25) is 0 Å². The predicted molar refractivity (Wildman–Crippen MR) is 281 cm³/mol. The minimum Gasteiger partial charge on any atom is -0.544 e. The summed E-state index contributed by atoms with van der Waals surface area (Å²) < 4.78 is 17.2. The van der Waals surface area contributed by atoms with Gasteiger partial charge in [0.2, 0.25) is 0 Å². The Balaban J connectivity index is 4.35. The first kappa shape index (κ1) is 63.0. The van der Waals surface area contributed by atoms with Crippen molar-refractivity contribution in [1.29, 1.82) is 0 Å². The maximum absolute atomic E-state index is 12.8. The van der Waals surface area contributed by atoms with Crippen molar-refractivity contribution < 1.29 is 38.2 Å². The lowest BCUT2D eigenvalue weighted by Crippen LogP contribution is -2.55. The lowest BCUT2D eigenvalue weighted by atomic mass is 10.1. The number of esters is 2. The Morgan fingerprint density at radius 1 is 0.463 bits per heavy atom. The molecule has 0 fully saturated rings. The second kappa shape index (κ2) is 48.4. The normalized spacial score (nSPS) is 13.7. The van der Waals surface area contributed by atoms with Crippen LogP contribution >= 0.6 is 0 Å². The first-order chi connectivity index (χ1) is 32.6. The smallest absolute Gasteiger partial charge is 0.306 e.